The van der Waals surface area contributed by atoms with Gasteiger partial charge in [0.05, 0.1) is 24.4 Å². The van der Waals surface area contributed by atoms with Gasteiger partial charge in [-0.15, -0.1) is 11.3 Å². The Bertz CT molecular complexity index is 1480. The van der Waals surface area contributed by atoms with E-state index in [0.29, 0.717) is 54.6 Å². The molecule has 6 rings (SSSR count). The van der Waals surface area contributed by atoms with Gasteiger partial charge < -0.3 is 18.6 Å². The number of fused-ring (bicyclic) bond motifs is 2. The number of furan rings is 1. The number of ether oxygens (including phenoxy) is 3. The number of rotatable bonds is 8. The van der Waals surface area contributed by atoms with Crippen molar-refractivity contribution in [2.45, 2.75) is 38.4 Å². The molecule has 0 radical (unpaired) electrons. The number of hydrogen-bond donors (Lipinski definition) is 1. The summed E-state index contributed by atoms with van der Waals surface area (Å²) in [6.45, 7) is 3.55. The molecule has 10 nitrogen and oxygen atoms in total. The molecule has 0 unspecified atom stereocenters. The van der Waals surface area contributed by atoms with Crippen LogP contribution < -0.4 is 15.4 Å². The molecule has 1 aliphatic rings. The number of imidazole rings is 1. The van der Waals surface area contributed by atoms with Crippen molar-refractivity contribution >= 4 is 38.6 Å². The lowest BCUT2D eigenvalue weighted by atomic mass is 9.95. The van der Waals surface area contributed by atoms with Gasteiger partial charge in [0.1, 0.15) is 45.0 Å². The summed E-state index contributed by atoms with van der Waals surface area (Å²) in [6.07, 6.45) is 4.10. The van der Waals surface area contributed by atoms with Crippen LogP contribution >= 0.6 is 22.7 Å². The first kappa shape index (κ1) is 23.4. The molecule has 1 fully saturated rings. The van der Waals surface area contributed by atoms with E-state index in [1.165, 1.54) is 11.3 Å². The molecule has 5 heterocycles. The Kier molecular flexibility index (Phi) is 6.13. The number of nitrogens with zero attached hydrogens (tertiary/aromatic N) is 4. The lowest BCUT2D eigenvalue weighted by Gasteiger charge is -2.32. The topological polar surface area (TPSA) is 119 Å². The number of methoxy groups -OCH3 is 1. The molecule has 1 aromatic carbocycles. The molecule has 5 aromatic rings. The highest BCUT2D eigenvalue weighted by atomic mass is 32.1. The van der Waals surface area contributed by atoms with Crippen LogP contribution in [0.4, 0.5) is 0 Å². The minimum Gasteiger partial charge on any atom is -0.496 e. The fraction of sp³-hybridized carbons (Fsp3) is 0.375. The maximum atomic E-state index is 6.21. The zero-order valence-electron chi connectivity index (χ0n) is 19.9. The van der Waals surface area contributed by atoms with Gasteiger partial charge in [-0.2, -0.15) is 5.10 Å². The second-order valence-corrected chi connectivity index (χ2v) is 10.4. The number of aryl methyl sites for hydroxylation is 1. The predicted octanol–water partition coefficient (Wildman–Crippen LogP) is 4.71. The van der Waals surface area contributed by atoms with Crippen molar-refractivity contribution in [2.24, 2.45) is 5.90 Å². The molecule has 2 N–H and O–H groups in total. The van der Waals surface area contributed by atoms with Crippen LogP contribution in [0.2, 0.25) is 0 Å². The minimum atomic E-state index is -0.602. The maximum absolute atomic E-state index is 6.21. The van der Waals surface area contributed by atoms with Crippen molar-refractivity contribution in [2.75, 3.05) is 20.3 Å². The Labute approximate surface area is 214 Å². The molecule has 1 saturated heterocycles. The molecule has 0 atom stereocenters. The Hall–Kier alpha value is -3.03. The Morgan fingerprint density at radius 3 is 2.81 bits per heavy atom. The van der Waals surface area contributed by atoms with Gasteiger partial charge in [0.15, 0.2) is 5.76 Å². The summed E-state index contributed by atoms with van der Waals surface area (Å²) in [6, 6.07) is 5.62. The number of nitrogens with two attached hydrogens (primary N) is 1. The molecule has 4 aromatic heterocycles. The third kappa shape index (κ3) is 4.14. The highest BCUT2D eigenvalue weighted by molar-refractivity contribution is 7.16. The highest BCUT2D eigenvalue weighted by Crippen LogP contribution is 2.39. The van der Waals surface area contributed by atoms with Crippen molar-refractivity contribution in [3.05, 3.63) is 45.5 Å². The smallest absolute Gasteiger partial charge is 0.212 e. The molecular formula is C24H25N5O5S2. The Morgan fingerprint density at radius 1 is 1.19 bits per heavy atom. The average molecular weight is 528 g/mol. The molecule has 188 valence electrons. The van der Waals surface area contributed by atoms with E-state index in [0.717, 1.165) is 32.5 Å². The highest BCUT2D eigenvalue weighted by Gasteiger charge is 2.38. The first-order valence-electron chi connectivity index (χ1n) is 11.6. The molecule has 1 aliphatic heterocycles. The van der Waals surface area contributed by atoms with Crippen LogP contribution in [0.15, 0.2) is 34.2 Å². The molecular weight excluding hydrogens is 502 g/mol. The van der Waals surface area contributed by atoms with Crippen LogP contribution in [0.3, 0.4) is 0 Å². The Morgan fingerprint density at radius 2 is 2.06 bits per heavy atom. The monoisotopic (exact) mass is 527 g/mol. The van der Waals surface area contributed by atoms with E-state index in [1.807, 2.05) is 29.8 Å². The quantitative estimate of drug-likeness (QED) is 0.286. The second kappa shape index (κ2) is 9.45. The van der Waals surface area contributed by atoms with Gasteiger partial charge in [0.2, 0.25) is 4.96 Å². The van der Waals surface area contributed by atoms with E-state index in [2.05, 4.69) is 17.0 Å². The van der Waals surface area contributed by atoms with Crippen LogP contribution in [-0.4, -0.2) is 39.9 Å². The van der Waals surface area contributed by atoms with Gasteiger partial charge in [-0.3, -0.25) is 4.84 Å². The first-order valence-corrected chi connectivity index (χ1v) is 13.3. The van der Waals surface area contributed by atoms with Gasteiger partial charge in [-0.25, -0.2) is 20.4 Å². The number of benzene rings is 1. The van der Waals surface area contributed by atoms with Crippen LogP contribution in [-0.2, 0) is 28.2 Å². The predicted molar refractivity (Wildman–Crippen MR) is 135 cm³/mol. The summed E-state index contributed by atoms with van der Waals surface area (Å²) in [4.78, 5) is 15.7. The third-order valence-corrected chi connectivity index (χ3v) is 8.44. The van der Waals surface area contributed by atoms with Gasteiger partial charge in [0, 0.05) is 43.6 Å². The lowest BCUT2D eigenvalue weighted by molar-refractivity contribution is -0.119. The average Bonchev–Trinajstić information content (AvgIpc) is 3.69. The van der Waals surface area contributed by atoms with Crippen LogP contribution in [0.5, 0.6) is 11.5 Å². The van der Waals surface area contributed by atoms with E-state index in [-0.39, 0.29) is 6.61 Å². The van der Waals surface area contributed by atoms with Crippen molar-refractivity contribution in [3.63, 3.8) is 0 Å². The van der Waals surface area contributed by atoms with Crippen molar-refractivity contribution in [1.82, 2.24) is 19.6 Å². The summed E-state index contributed by atoms with van der Waals surface area (Å²) in [5.74, 6) is 7.57. The maximum Gasteiger partial charge on any atom is 0.212 e. The molecule has 0 bridgehead atoms. The summed E-state index contributed by atoms with van der Waals surface area (Å²) >= 11 is 3.10. The van der Waals surface area contributed by atoms with E-state index in [1.54, 1.807) is 23.0 Å². The second-order valence-electron chi connectivity index (χ2n) is 8.51. The van der Waals surface area contributed by atoms with Crippen molar-refractivity contribution < 1.29 is 23.5 Å². The first-order chi connectivity index (χ1) is 17.6. The summed E-state index contributed by atoms with van der Waals surface area (Å²) < 4.78 is 25.1. The fourth-order valence-corrected chi connectivity index (χ4v) is 6.09. The van der Waals surface area contributed by atoms with E-state index in [9.17, 15) is 0 Å². The number of aromatic nitrogens is 4. The SMILES string of the molecule is CCc1nn2cc(-c3cc4c(OCc5csc(C6(ON)CCOCC6)n5)cc(OC)cc4o3)nc2s1. The summed E-state index contributed by atoms with van der Waals surface area (Å²) in [7, 11) is 1.61. The minimum absolute atomic E-state index is 0.278. The molecule has 0 aliphatic carbocycles. The largest absolute Gasteiger partial charge is 0.496 e. The molecule has 0 saturated carbocycles. The molecule has 12 heteroatoms. The van der Waals surface area contributed by atoms with Crippen LogP contribution in [0, 0.1) is 0 Å². The molecule has 36 heavy (non-hydrogen) atoms. The van der Waals surface area contributed by atoms with Gasteiger partial charge >= 0.3 is 0 Å². The van der Waals surface area contributed by atoms with Gasteiger partial charge in [-0.05, 0) is 12.5 Å². The van der Waals surface area contributed by atoms with Crippen molar-refractivity contribution in [1.29, 1.82) is 0 Å². The Balaban J connectivity index is 1.27. The summed E-state index contributed by atoms with van der Waals surface area (Å²) in [5, 5.41) is 9.22. The third-order valence-electron chi connectivity index (χ3n) is 6.29. The zero-order chi connectivity index (χ0) is 24.7. The summed E-state index contributed by atoms with van der Waals surface area (Å²) in [5.41, 5.74) is 1.55. The normalized spacial score (nSPS) is 15.6. The lowest BCUT2D eigenvalue weighted by Crippen LogP contribution is -2.38. The van der Waals surface area contributed by atoms with Gasteiger partial charge in [0.25, 0.3) is 0 Å². The van der Waals surface area contributed by atoms with E-state index in [4.69, 9.17) is 34.3 Å². The standard InChI is InChI=1S/C24H25N5O5S2/c1-3-21-28-29-11-17(27-23(29)36-21)20-10-16-18(8-15(30-2)9-19(16)33-20)32-12-14-13-35-22(26-14)24(34-25)4-6-31-7-5-24/h8-11,13H,3-7,12,25H2,1-2H3. The fourth-order valence-electron chi connectivity index (χ4n) is 4.27. The van der Waals surface area contributed by atoms with Crippen molar-refractivity contribution in [3.8, 4) is 23.0 Å². The zero-order valence-corrected chi connectivity index (χ0v) is 21.5. The van der Waals surface area contributed by atoms with Crippen LogP contribution in [0.25, 0.3) is 27.4 Å². The van der Waals surface area contributed by atoms with E-state index < -0.39 is 5.60 Å². The molecule has 0 spiro atoms. The number of thiazole rings is 1. The van der Waals surface area contributed by atoms with Crippen LogP contribution in [0.1, 0.15) is 35.5 Å². The van der Waals surface area contributed by atoms with Gasteiger partial charge in [-0.1, -0.05) is 18.3 Å². The number of hydrogen-bond acceptors (Lipinski definition) is 11. The van der Waals surface area contributed by atoms with E-state index >= 15 is 0 Å². The molecule has 0 amide bonds.